The average molecular weight is 555 g/mol. The fourth-order valence-corrected chi connectivity index (χ4v) is 4.63. The summed E-state index contributed by atoms with van der Waals surface area (Å²) in [5, 5.41) is 3.57. The first kappa shape index (κ1) is 27.5. The van der Waals surface area contributed by atoms with Gasteiger partial charge in [0, 0.05) is 13.6 Å². The van der Waals surface area contributed by atoms with Crippen LogP contribution in [0.1, 0.15) is 18.9 Å². The molecule has 2 rings (SSSR count). The normalized spacial score (nSPS) is 12.2. The quantitative estimate of drug-likeness (QED) is 0.490. The first-order valence-corrected chi connectivity index (χ1v) is 13.1. The van der Waals surface area contributed by atoms with Crippen molar-refractivity contribution in [2.75, 3.05) is 24.2 Å². The van der Waals surface area contributed by atoms with Crippen molar-refractivity contribution in [2.45, 2.75) is 25.9 Å². The Morgan fingerprint density at radius 3 is 2.03 bits per heavy atom. The lowest BCUT2D eigenvalue weighted by Crippen LogP contribution is -2.51. The molecule has 1 N–H and O–H groups in total. The van der Waals surface area contributed by atoms with Gasteiger partial charge in [0.1, 0.15) is 12.6 Å². The number of sulfonamides is 1. The number of halogens is 4. The van der Waals surface area contributed by atoms with Crippen LogP contribution in [0.25, 0.3) is 0 Å². The molecule has 33 heavy (non-hydrogen) atoms. The smallest absolute Gasteiger partial charge is 0.244 e. The molecule has 0 radical (unpaired) electrons. The van der Waals surface area contributed by atoms with Crippen LogP contribution in [0, 0.1) is 0 Å². The summed E-state index contributed by atoms with van der Waals surface area (Å²) in [4.78, 5) is 27.3. The molecule has 0 aliphatic rings. The Hall–Kier alpha value is -1.71. The van der Waals surface area contributed by atoms with Crippen molar-refractivity contribution < 1.29 is 18.0 Å². The van der Waals surface area contributed by atoms with Crippen molar-refractivity contribution in [3.63, 3.8) is 0 Å². The Kier molecular flexibility index (Phi) is 9.70. The highest BCUT2D eigenvalue weighted by Crippen LogP contribution is 2.29. The molecule has 0 unspecified atom stereocenters. The van der Waals surface area contributed by atoms with Crippen LogP contribution in [0.5, 0.6) is 0 Å². The maximum atomic E-state index is 13.4. The highest BCUT2D eigenvalue weighted by atomic mass is 35.5. The molecule has 180 valence electrons. The molecule has 12 heteroatoms. The molecule has 0 spiro atoms. The van der Waals surface area contributed by atoms with E-state index in [2.05, 4.69) is 5.32 Å². The maximum Gasteiger partial charge on any atom is 0.244 e. The summed E-state index contributed by atoms with van der Waals surface area (Å²) in [6.45, 7) is 1.22. The Morgan fingerprint density at radius 1 is 0.970 bits per heavy atom. The van der Waals surface area contributed by atoms with Gasteiger partial charge in [-0.3, -0.25) is 13.9 Å². The number of hydrogen-bond donors (Lipinski definition) is 1. The van der Waals surface area contributed by atoms with Crippen LogP contribution in [-0.4, -0.2) is 51.0 Å². The van der Waals surface area contributed by atoms with Crippen molar-refractivity contribution in [1.82, 2.24) is 10.2 Å². The fourth-order valence-electron chi connectivity index (χ4n) is 3.17. The maximum absolute atomic E-state index is 13.4. The van der Waals surface area contributed by atoms with Crippen LogP contribution in [0.3, 0.4) is 0 Å². The average Bonchev–Trinajstić information content (AvgIpc) is 2.75. The molecule has 0 aromatic heterocycles. The molecule has 0 saturated carbocycles. The van der Waals surface area contributed by atoms with Crippen LogP contribution in [0.2, 0.25) is 20.1 Å². The molecular weight excluding hydrogens is 532 g/mol. The summed E-state index contributed by atoms with van der Waals surface area (Å²) in [6, 6.07) is 8.26. The predicted molar refractivity (Wildman–Crippen MR) is 134 cm³/mol. The second kappa shape index (κ2) is 11.6. The lowest BCUT2D eigenvalue weighted by molar-refractivity contribution is -0.140. The number of nitrogens with one attached hydrogen (secondary N) is 1. The highest BCUT2D eigenvalue weighted by molar-refractivity contribution is 7.92. The van der Waals surface area contributed by atoms with Gasteiger partial charge in [0.15, 0.2) is 0 Å². The predicted octanol–water partition coefficient (Wildman–Crippen LogP) is 4.62. The largest absolute Gasteiger partial charge is 0.357 e. The second-order valence-corrected chi connectivity index (χ2v) is 10.7. The van der Waals surface area contributed by atoms with E-state index in [1.807, 2.05) is 0 Å². The number of carbonyl (C=O) groups is 2. The van der Waals surface area contributed by atoms with Gasteiger partial charge in [-0.2, -0.15) is 0 Å². The van der Waals surface area contributed by atoms with Crippen molar-refractivity contribution >= 4 is 73.9 Å². The van der Waals surface area contributed by atoms with Gasteiger partial charge in [-0.05, 0) is 42.3 Å². The Bertz CT molecular complexity index is 1140. The van der Waals surface area contributed by atoms with E-state index < -0.39 is 28.5 Å². The third-order valence-corrected chi connectivity index (χ3v) is 7.46. The topological polar surface area (TPSA) is 86.8 Å². The van der Waals surface area contributed by atoms with Gasteiger partial charge in [-0.1, -0.05) is 59.4 Å². The molecule has 2 aromatic carbocycles. The van der Waals surface area contributed by atoms with Gasteiger partial charge >= 0.3 is 0 Å². The zero-order valence-electron chi connectivity index (χ0n) is 18.1. The van der Waals surface area contributed by atoms with E-state index >= 15 is 0 Å². The van der Waals surface area contributed by atoms with Crippen LogP contribution in [0.15, 0.2) is 36.4 Å². The Labute approximate surface area is 213 Å². The number of rotatable bonds is 9. The second-order valence-electron chi connectivity index (χ2n) is 7.18. The molecule has 0 heterocycles. The number of nitrogens with zero attached hydrogens (tertiary/aromatic N) is 2. The molecule has 0 fully saturated rings. The van der Waals surface area contributed by atoms with Gasteiger partial charge in [0.25, 0.3) is 0 Å². The molecule has 0 saturated heterocycles. The number of benzene rings is 2. The van der Waals surface area contributed by atoms with E-state index in [1.54, 1.807) is 25.1 Å². The van der Waals surface area contributed by atoms with E-state index in [9.17, 15) is 18.0 Å². The van der Waals surface area contributed by atoms with E-state index in [1.165, 1.54) is 30.1 Å². The summed E-state index contributed by atoms with van der Waals surface area (Å²) in [6.07, 6.45) is 1.28. The summed E-state index contributed by atoms with van der Waals surface area (Å²) in [7, 11) is -2.41. The van der Waals surface area contributed by atoms with Crippen molar-refractivity contribution in [1.29, 1.82) is 0 Å². The number of likely N-dealkylation sites (N-methyl/N-ethyl adjacent to an activating group) is 1. The van der Waals surface area contributed by atoms with Gasteiger partial charge in [0.2, 0.25) is 21.8 Å². The monoisotopic (exact) mass is 553 g/mol. The molecular formula is C21H23Cl4N3O4S. The highest BCUT2D eigenvalue weighted by Gasteiger charge is 2.31. The summed E-state index contributed by atoms with van der Waals surface area (Å²) < 4.78 is 26.0. The van der Waals surface area contributed by atoms with Crippen LogP contribution < -0.4 is 9.62 Å². The van der Waals surface area contributed by atoms with Gasteiger partial charge in [0.05, 0.1) is 32.0 Å². The zero-order chi connectivity index (χ0) is 24.9. The Morgan fingerprint density at radius 2 is 1.55 bits per heavy atom. The fraction of sp³-hybridized carbons (Fsp3) is 0.333. The summed E-state index contributed by atoms with van der Waals surface area (Å²) in [5.74, 6) is -0.973. The van der Waals surface area contributed by atoms with Crippen molar-refractivity contribution in [3.8, 4) is 0 Å². The lowest BCUT2D eigenvalue weighted by Gasteiger charge is -2.32. The van der Waals surface area contributed by atoms with Crippen molar-refractivity contribution in [3.05, 3.63) is 62.1 Å². The van der Waals surface area contributed by atoms with E-state index in [0.717, 1.165) is 10.6 Å². The third kappa shape index (κ3) is 7.13. The molecule has 2 amide bonds. The molecule has 0 bridgehead atoms. The van der Waals surface area contributed by atoms with Crippen molar-refractivity contribution in [2.24, 2.45) is 0 Å². The standard InChI is InChI=1S/C21H23Cl4N3O4S/c1-4-19(21(30)26-2)27(11-13-5-7-15(22)17(24)9-13)20(29)12-28(33(3,31)32)14-6-8-16(23)18(25)10-14/h5-10,19H,4,11-12H2,1-3H3,(H,26,30)/t19-/m0/s1. The lowest BCUT2D eigenvalue weighted by atomic mass is 10.1. The number of carbonyl (C=O) groups excluding carboxylic acids is 2. The molecule has 7 nitrogen and oxygen atoms in total. The molecule has 0 aliphatic heterocycles. The van der Waals surface area contributed by atoms with Crippen LogP contribution in [-0.2, 0) is 26.2 Å². The van der Waals surface area contributed by atoms with Gasteiger partial charge < -0.3 is 10.2 Å². The van der Waals surface area contributed by atoms with E-state index in [4.69, 9.17) is 46.4 Å². The zero-order valence-corrected chi connectivity index (χ0v) is 22.0. The number of amides is 2. The number of hydrogen-bond acceptors (Lipinski definition) is 4. The minimum absolute atomic E-state index is 0.0145. The molecule has 1 atom stereocenters. The van der Waals surface area contributed by atoms with Gasteiger partial charge in [-0.15, -0.1) is 0 Å². The minimum Gasteiger partial charge on any atom is -0.357 e. The van der Waals surface area contributed by atoms with E-state index in [0.29, 0.717) is 22.0 Å². The van der Waals surface area contributed by atoms with Crippen LogP contribution >= 0.6 is 46.4 Å². The summed E-state index contributed by atoms with van der Waals surface area (Å²) in [5.41, 5.74) is 0.795. The first-order chi connectivity index (χ1) is 15.4. The SMILES string of the molecule is CC[C@@H](C(=O)NC)N(Cc1ccc(Cl)c(Cl)c1)C(=O)CN(c1ccc(Cl)c(Cl)c1)S(C)(=O)=O. The van der Waals surface area contributed by atoms with Crippen LogP contribution in [0.4, 0.5) is 5.69 Å². The Balaban J connectivity index is 2.46. The third-order valence-electron chi connectivity index (χ3n) is 4.84. The number of anilines is 1. The summed E-state index contributed by atoms with van der Waals surface area (Å²) >= 11 is 24.1. The molecule has 0 aliphatic carbocycles. The first-order valence-electron chi connectivity index (χ1n) is 9.76. The van der Waals surface area contributed by atoms with E-state index in [-0.39, 0.29) is 28.2 Å². The minimum atomic E-state index is -3.87. The van der Waals surface area contributed by atoms with Gasteiger partial charge in [-0.25, -0.2) is 8.42 Å². The molecule has 2 aromatic rings.